The minimum atomic E-state index is -3.19. The zero-order valence-electron chi connectivity index (χ0n) is 19.3. The van der Waals surface area contributed by atoms with E-state index in [1.54, 1.807) is 18.2 Å². The Kier molecular flexibility index (Phi) is 7.36. The number of rotatable bonds is 7. The van der Waals surface area contributed by atoms with Crippen LogP contribution in [-0.2, 0) is 9.92 Å². The van der Waals surface area contributed by atoms with Crippen LogP contribution in [0.25, 0.3) is 11.1 Å². The summed E-state index contributed by atoms with van der Waals surface area (Å²) in [4.78, 5) is 0.493. The molecule has 4 nitrogen and oxygen atoms in total. The molecule has 0 amide bonds. The van der Waals surface area contributed by atoms with Gasteiger partial charge in [0, 0.05) is 11.3 Å². The minimum absolute atomic E-state index is 0.110. The molecule has 0 radical (unpaired) electrons. The molecule has 2 atom stereocenters. The Hall–Kier alpha value is -2.70. The van der Waals surface area contributed by atoms with Crippen LogP contribution in [0.3, 0.4) is 0 Å². The summed E-state index contributed by atoms with van der Waals surface area (Å²) in [6, 6.07) is 20.2. The fourth-order valence-corrected chi connectivity index (χ4v) is 5.24. The quantitative estimate of drug-likeness (QED) is 0.409. The highest BCUT2D eigenvalue weighted by Crippen LogP contribution is 2.34. The lowest BCUT2D eigenvalue weighted by atomic mass is 9.92. The summed E-state index contributed by atoms with van der Waals surface area (Å²) in [5.74, 6) is -0.0372. The average molecular weight is 454 g/mol. The van der Waals surface area contributed by atoms with E-state index >= 15 is 0 Å². The van der Waals surface area contributed by atoms with E-state index < -0.39 is 16.1 Å². The lowest BCUT2D eigenvalue weighted by Crippen LogP contribution is -2.22. The highest BCUT2D eigenvalue weighted by Gasteiger charge is 2.19. The Morgan fingerprint density at radius 2 is 1.41 bits per heavy atom. The third-order valence-electron chi connectivity index (χ3n) is 5.36. The van der Waals surface area contributed by atoms with E-state index in [-0.39, 0.29) is 17.7 Å². The van der Waals surface area contributed by atoms with Gasteiger partial charge in [-0.2, -0.15) is 4.36 Å². The molecule has 0 fully saturated rings. The molecule has 0 saturated heterocycles. The van der Waals surface area contributed by atoms with Crippen molar-refractivity contribution >= 4 is 15.6 Å². The Balaban J connectivity index is 2.04. The Labute approximate surface area is 191 Å². The van der Waals surface area contributed by atoms with Gasteiger partial charge < -0.3 is 5.32 Å². The second-order valence-electron chi connectivity index (χ2n) is 8.63. The molecule has 0 bridgehead atoms. The van der Waals surface area contributed by atoms with Crippen molar-refractivity contribution < 1.29 is 8.60 Å². The van der Waals surface area contributed by atoms with Gasteiger partial charge in [0.05, 0.1) is 4.90 Å². The van der Waals surface area contributed by atoms with E-state index in [9.17, 15) is 8.60 Å². The largest absolute Gasteiger partial charge is 0.363 e. The fourth-order valence-electron chi connectivity index (χ4n) is 3.83. The number of halogens is 1. The normalized spacial score (nSPS) is 14.3. The smallest absolute Gasteiger partial charge is 0.137 e. The second-order valence-corrected chi connectivity index (χ2v) is 10.4. The van der Waals surface area contributed by atoms with Crippen molar-refractivity contribution in [2.75, 3.05) is 5.32 Å². The molecule has 0 spiro atoms. The molecule has 0 aromatic heterocycles. The number of nitrogens with zero attached hydrogens (tertiary/aromatic N) is 1. The van der Waals surface area contributed by atoms with Crippen LogP contribution >= 0.6 is 0 Å². The number of hydrogen-bond acceptors (Lipinski definition) is 3. The van der Waals surface area contributed by atoms with Crippen molar-refractivity contribution in [1.82, 2.24) is 0 Å². The molecule has 2 unspecified atom stereocenters. The standard InChI is InChI=1S/C26H32FN3OS/c1-17(2)23-15-21(27)16-24(18(3)4)26(23)29-19(5)30-32(28,31)25-14-10-9-13-22(25)20-11-7-6-8-12-20/h6-19,29H,1-5H3,(H2,28,30,31). The summed E-state index contributed by atoms with van der Waals surface area (Å²) in [7, 11) is -3.19. The lowest BCUT2D eigenvalue weighted by Gasteiger charge is -2.23. The molecule has 3 N–H and O–H groups in total. The molecule has 0 heterocycles. The van der Waals surface area contributed by atoms with Crippen molar-refractivity contribution in [3.05, 3.63) is 83.7 Å². The van der Waals surface area contributed by atoms with Gasteiger partial charge in [0.1, 0.15) is 21.9 Å². The molecule has 32 heavy (non-hydrogen) atoms. The fraction of sp³-hybridized carbons (Fsp3) is 0.308. The zero-order chi connectivity index (χ0) is 23.5. The second kappa shape index (κ2) is 9.84. The maximum Gasteiger partial charge on any atom is 0.137 e. The first-order valence-electron chi connectivity index (χ1n) is 10.9. The zero-order valence-corrected chi connectivity index (χ0v) is 20.1. The summed E-state index contributed by atoms with van der Waals surface area (Å²) in [6.45, 7) is 9.90. The molecule has 3 aromatic rings. The molecule has 0 saturated carbocycles. The minimum Gasteiger partial charge on any atom is -0.363 e. The van der Waals surface area contributed by atoms with Gasteiger partial charge in [-0.3, -0.25) is 0 Å². The predicted molar refractivity (Wildman–Crippen MR) is 133 cm³/mol. The highest BCUT2D eigenvalue weighted by molar-refractivity contribution is 7.91. The highest BCUT2D eigenvalue weighted by atomic mass is 32.2. The molecule has 3 rings (SSSR count). The molecule has 0 aliphatic rings. The van der Waals surface area contributed by atoms with E-state index in [2.05, 4.69) is 9.68 Å². The van der Waals surface area contributed by atoms with Crippen molar-refractivity contribution in [2.24, 2.45) is 9.50 Å². The van der Waals surface area contributed by atoms with Gasteiger partial charge in [-0.1, -0.05) is 76.2 Å². The first kappa shape index (κ1) is 24.0. The van der Waals surface area contributed by atoms with Crippen molar-refractivity contribution in [3.8, 4) is 11.1 Å². The molecule has 0 aliphatic carbocycles. The number of anilines is 1. The third kappa shape index (κ3) is 5.37. The van der Waals surface area contributed by atoms with Gasteiger partial charge in [0.25, 0.3) is 0 Å². The maximum absolute atomic E-state index is 14.2. The molecule has 0 aliphatic heterocycles. The van der Waals surface area contributed by atoms with Crippen LogP contribution in [-0.4, -0.2) is 10.4 Å². The molecule has 6 heteroatoms. The van der Waals surface area contributed by atoms with E-state index in [1.807, 2.05) is 83.1 Å². The molecule has 3 aromatic carbocycles. The monoisotopic (exact) mass is 453 g/mol. The third-order valence-corrected chi connectivity index (χ3v) is 6.98. The van der Waals surface area contributed by atoms with Gasteiger partial charge in [0.2, 0.25) is 0 Å². The summed E-state index contributed by atoms with van der Waals surface area (Å²) in [5, 5.41) is 9.67. The SMILES string of the molecule is CC(N=S(N)(=O)c1ccccc1-c1ccccc1)Nc1c(C(C)C)cc(F)cc1C(C)C. The lowest BCUT2D eigenvalue weighted by molar-refractivity contribution is 0.618. The van der Waals surface area contributed by atoms with E-state index in [0.717, 1.165) is 27.9 Å². The molecular formula is C26H32FN3OS. The van der Waals surface area contributed by atoms with Crippen molar-refractivity contribution in [3.63, 3.8) is 0 Å². The number of nitrogens with two attached hydrogens (primary N) is 1. The Bertz CT molecular complexity index is 1170. The number of benzene rings is 3. The Morgan fingerprint density at radius 1 is 0.875 bits per heavy atom. The van der Waals surface area contributed by atoms with Crippen molar-refractivity contribution in [2.45, 2.75) is 57.5 Å². The van der Waals surface area contributed by atoms with Crippen molar-refractivity contribution in [1.29, 1.82) is 0 Å². The predicted octanol–water partition coefficient (Wildman–Crippen LogP) is 6.90. The topological polar surface area (TPSA) is 67.5 Å². The van der Waals surface area contributed by atoms with Gasteiger partial charge >= 0.3 is 0 Å². The first-order valence-corrected chi connectivity index (χ1v) is 12.5. The number of hydrogen-bond donors (Lipinski definition) is 2. The van der Waals surface area contributed by atoms with Gasteiger partial charge in [-0.05, 0) is 53.6 Å². The van der Waals surface area contributed by atoms with Crippen LogP contribution in [0.15, 0.2) is 76.0 Å². The van der Waals surface area contributed by atoms with Crippen LogP contribution in [0.1, 0.15) is 57.6 Å². The average Bonchev–Trinajstić information content (AvgIpc) is 2.74. The summed E-state index contributed by atoms with van der Waals surface area (Å²) < 4.78 is 32.3. The van der Waals surface area contributed by atoms with Crippen LogP contribution in [0.5, 0.6) is 0 Å². The van der Waals surface area contributed by atoms with E-state index in [1.165, 1.54) is 0 Å². The van der Waals surface area contributed by atoms with Gasteiger partial charge in [0.15, 0.2) is 0 Å². The summed E-state index contributed by atoms with van der Waals surface area (Å²) in [6.07, 6.45) is -0.545. The van der Waals surface area contributed by atoms with Crippen LogP contribution in [0, 0.1) is 5.82 Å². The Morgan fingerprint density at radius 3 is 1.97 bits per heavy atom. The van der Waals surface area contributed by atoms with E-state index in [0.29, 0.717) is 4.90 Å². The maximum atomic E-state index is 14.2. The first-order chi connectivity index (χ1) is 15.1. The van der Waals surface area contributed by atoms with Gasteiger partial charge in [-0.25, -0.2) is 13.7 Å². The van der Waals surface area contributed by atoms with E-state index in [4.69, 9.17) is 5.14 Å². The molecular weight excluding hydrogens is 421 g/mol. The van der Waals surface area contributed by atoms with Crippen LogP contribution < -0.4 is 10.5 Å². The molecule has 170 valence electrons. The summed E-state index contributed by atoms with van der Waals surface area (Å²) >= 11 is 0. The van der Waals surface area contributed by atoms with Gasteiger partial charge in [-0.15, -0.1) is 0 Å². The number of nitrogens with one attached hydrogen (secondary N) is 1. The summed E-state index contributed by atoms with van der Waals surface area (Å²) in [5.41, 5.74) is 4.29. The van der Waals surface area contributed by atoms with Crippen LogP contribution in [0.2, 0.25) is 0 Å². The van der Waals surface area contributed by atoms with Crippen LogP contribution in [0.4, 0.5) is 10.1 Å².